The Labute approximate surface area is 180 Å². The number of aliphatic imine (C=N–C) groups is 1. The van der Waals surface area contributed by atoms with Gasteiger partial charge in [-0.2, -0.15) is 0 Å². The van der Waals surface area contributed by atoms with Gasteiger partial charge in [0.15, 0.2) is 5.96 Å². The molecule has 14 heteroatoms. The Kier molecular flexibility index (Phi) is 14.3. The van der Waals surface area contributed by atoms with Gasteiger partial charge in [0, 0.05) is 6.54 Å². The number of rotatable bonds is 16. The number of hydrogen-bond acceptors (Lipinski definition) is 8. The lowest BCUT2D eigenvalue weighted by atomic mass is 10.1. The lowest BCUT2D eigenvalue weighted by molar-refractivity contribution is -0.142. The number of guanidine groups is 1. The first-order valence-corrected chi connectivity index (χ1v) is 9.84. The van der Waals surface area contributed by atoms with Gasteiger partial charge in [0.25, 0.3) is 0 Å². The molecule has 0 heterocycles. The van der Waals surface area contributed by atoms with Gasteiger partial charge in [-0.25, -0.2) is 4.79 Å². The van der Waals surface area contributed by atoms with Crippen LogP contribution in [0.25, 0.3) is 0 Å². The van der Waals surface area contributed by atoms with Crippen molar-refractivity contribution in [1.29, 1.82) is 0 Å². The van der Waals surface area contributed by atoms with E-state index in [4.69, 9.17) is 22.9 Å². The lowest BCUT2D eigenvalue weighted by Crippen LogP contribution is -2.54. The molecule has 0 aromatic rings. The zero-order valence-corrected chi connectivity index (χ0v) is 17.4. The van der Waals surface area contributed by atoms with Crippen LogP contribution in [0, 0.1) is 0 Å². The summed E-state index contributed by atoms with van der Waals surface area (Å²) in [5, 5.41) is 25.3. The summed E-state index contributed by atoms with van der Waals surface area (Å²) in [6, 6.07) is -3.37. The molecule has 0 aliphatic heterocycles. The topological polar surface area (TPSA) is 261 Å². The molecule has 3 amide bonds. The summed E-state index contributed by atoms with van der Waals surface area (Å²) in [4.78, 5) is 51.0. The van der Waals surface area contributed by atoms with Crippen molar-refractivity contribution in [3.8, 4) is 0 Å². The highest BCUT2D eigenvalue weighted by Gasteiger charge is 2.24. The van der Waals surface area contributed by atoms with Crippen LogP contribution in [0.15, 0.2) is 4.99 Å². The molecule has 3 unspecified atom stereocenters. The third kappa shape index (κ3) is 13.0. The molecule has 14 nitrogen and oxygen atoms in total. The molecule has 0 radical (unpaired) electrons. The maximum atomic E-state index is 12.1. The highest BCUT2D eigenvalue weighted by Crippen LogP contribution is 2.00. The number of carboxylic acids is 1. The molecule has 3 atom stereocenters. The quantitative estimate of drug-likeness (QED) is 0.0624. The van der Waals surface area contributed by atoms with Gasteiger partial charge in [0.1, 0.15) is 12.1 Å². The zero-order valence-electron chi connectivity index (χ0n) is 17.4. The molecular formula is C17H34N8O6. The van der Waals surface area contributed by atoms with Crippen molar-refractivity contribution in [2.45, 2.75) is 50.2 Å². The van der Waals surface area contributed by atoms with E-state index >= 15 is 0 Å². The van der Waals surface area contributed by atoms with Crippen LogP contribution in [-0.2, 0) is 19.2 Å². The molecular weight excluding hydrogens is 412 g/mol. The monoisotopic (exact) mass is 446 g/mol. The standard InChI is InChI=1S/C17H34N8O6/c18-6-2-1-4-10(19)14(28)25-12(9-26)15(29)23-8-13(27)24-11(16(30)31)5-3-7-22-17(20)21/h10-12,26H,1-9,18-19H2,(H,23,29)(H,24,27)(H,25,28)(H,30,31)(H4,20,21,22). The van der Waals surface area contributed by atoms with E-state index < -0.39 is 55.0 Å². The minimum absolute atomic E-state index is 0.0726. The summed E-state index contributed by atoms with van der Waals surface area (Å²) >= 11 is 0. The van der Waals surface area contributed by atoms with Gasteiger partial charge in [-0.3, -0.25) is 19.4 Å². The number of unbranched alkanes of at least 4 members (excludes halogenated alkanes) is 1. The first-order chi connectivity index (χ1) is 14.6. The summed E-state index contributed by atoms with van der Waals surface area (Å²) in [6.07, 6.45) is 2.09. The average molecular weight is 447 g/mol. The van der Waals surface area contributed by atoms with Crippen molar-refractivity contribution in [2.75, 3.05) is 26.2 Å². The van der Waals surface area contributed by atoms with Crippen molar-refractivity contribution >= 4 is 29.7 Å². The van der Waals surface area contributed by atoms with Crippen molar-refractivity contribution in [2.24, 2.45) is 27.9 Å². The number of carbonyl (C=O) groups excluding carboxylic acids is 3. The van der Waals surface area contributed by atoms with Gasteiger partial charge in [0.2, 0.25) is 17.7 Å². The molecule has 0 saturated heterocycles. The molecule has 0 bridgehead atoms. The highest BCUT2D eigenvalue weighted by molar-refractivity contribution is 5.92. The normalized spacial score (nSPS) is 13.4. The third-order valence-corrected chi connectivity index (χ3v) is 4.12. The van der Waals surface area contributed by atoms with Gasteiger partial charge in [-0.1, -0.05) is 6.42 Å². The molecule has 0 aliphatic rings. The van der Waals surface area contributed by atoms with Gasteiger partial charge in [-0.05, 0) is 32.2 Å². The number of aliphatic hydroxyl groups excluding tert-OH is 1. The van der Waals surface area contributed by atoms with Crippen molar-refractivity contribution in [3.63, 3.8) is 0 Å². The van der Waals surface area contributed by atoms with E-state index in [-0.39, 0.29) is 18.9 Å². The average Bonchev–Trinajstić information content (AvgIpc) is 2.71. The summed E-state index contributed by atoms with van der Waals surface area (Å²) in [5.41, 5.74) is 21.4. The third-order valence-electron chi connectivity index (χ3n) is 4.12. The van der Waals surface area contributed by atoms with E-state index in [9.17, 15) is 29.4 Å². The maximum absolute atomic E-state index is 12.1. The number of hydrogen-bond donors (Lipinski definition) is 9. The Balaban J connectivity index is 4.51. The molecule has 0 aromatic heterocycles. The van der Waals surface area contributed by atoms with Crippen molar-refractivity contribution < 1.29 is 29.4 Å². The van der Waals surface area contributed by atoms with Gasteiger partial charge in [0.05, 0.1) is 19.2 Å². The van der Waals surface area contributed by atoms with Crippen LogP contribution in [0.2, 0.25) is 0 Å². The van der Waals surface area contributed by atoms with Crippen LogP contribution >= 0.6 is 0 Å². The summed E-state index contributed by atoms with van der Waals surface area (Å²) in [7, 11) is 0. The minimum atomic E-state index is -1.31. The fourth-order valence-corrected chi connectivity index (χ4v) is 2.41. The second-order valence-electron chi connectivity index (χ2n) is 6.76. The summed E-state index contributed by atoms with van der Waals surface area (Å²) in [5.74, 6) is -3.58. The predicted octanol–water partition coefficient (Wildman–Crippen LogP) is -4.34. The molecule has 0 rings (SSSR count). The minimum Gasteiger partial charge on any atom is -0.480 e. The maximum Gasteiger partial charge on any atom is 0.326 e. The number of nitrogens with zero attached hydrogens (tertiary/aromatic N) is 1. The van der Waals surface area contributed by atoms with Crippen LogP contribution in [0.3, 0.4) is 0 Å². The number of aliphatic hydroxyl groups is 1. The van der Waals surface area contributed by atoms with Gasteiger partial charge < -0.3 is 49.1 Å². The van der Waals surface area contributed by atoms with E-state index in [0.717, 1.165) is 0 Å². The Morgan fingerprint density at radius 3 is 2.16 bits per heavy atom. The second-order valence-corrected chi connectivity index (χ2v) is 6.76. The van der Waals surface area contributed by atoms with E-state index in [2.05, 4.69) is 20.9 Å². The number of amides is 3. The summed E-state index contributed by atoms with van der Waals surface area (Å²) < 4.78 is 0. The second kappa shape index (κ2) is 15.8. The van der Waals surface area contributed by atoms with E-state index in [1.54, 1.807) is 0 Å². The molecule has 0 aliphatic carbocycles. The first kappa shape index (κ1) is 28.0. The van der Waals surface area contributed by atoms with Gasteiger partial charge >= 0.3 is 5.97 Å². The van der Waals surface area contributed by atoms with Crippen LogP contribution in [0.4, 0.5) is 0 Å². The number of aliphatic carboxylic acids is 1. The van der Waals surface area contributed by atoms with Crippen molar-refractivity contribution in [3.05, 3.63) is 0 Å². The first-order valence-electron chi connectivity index (χ1n) is 9.84. The molecule has 31 heavy (non-hydrogen) atoms. The lowest BCUT2D eigenvalue weighted by Gasteiger charge is -2.19. The smallest absolute Gasteiger partial charge is 0.326 e. The molecule has 13 N–H and O–H groups in total. The number of nitrogens with one attached hydrogen (secondary N) is 3. The fraction of sp³-hybridized carbons (Fsp3) is 0.706. The van der Waals surface area contributed by atoms with E-state index in [0.29, 0.717) is 32.2 Å². The molecule has 0 fully saturated rings. The van der Waals surface area contributed by atoms with Crippen molar-refractivity contribution in [1.82, 2.24) is 16.0 Å². The van der Waals surface area contributed by atoms with Crippen LogP contribution in [-0.4, -0.2) is 84.2 Å². The van der Waals surface area contributed by atoms with Gasteiger partial charge in [-0.15, -0.1) is 0 Å². The Morgan fingerprint density at radius 1 is 0.935 bits per heavy atom. The molecule has 0 aromatic carbocycles. The Bertz CT molecular complexity index is 626. The number of carboxylic acid groups (broad SMARTS) is 1. The zero-order chi connectivity index (χ0) is 23.8. The van der Waals surface area contributed by atoms with Crippen LogP contribution in [0.1, 0.15) is 32.1 Å². The number of carbonyl (C=O) groups is 4. The number of nitrogens with two attached hydrogens (primary N) is 4. The highest BCUT2D eigenvalue weighted by atomic mass is 16.4. The van der Waals surface area contributed by atoms with Crippen LogP contribution < -0.4 is 38.9 Å². The molecule has 0 spiro atoms. The van der Waals surface area contributed by atoms with Crippen LogP contribution in [0.5, 0.6) is 0 Å². The van der Waals surface area contributed by atoms with E-state index in [1.165, 1.54) is 0 Å². The predicted molar refractivity (Wildman–Crippen MR) is 112 cm³/mol. The Morgan fingerprint density at radius 2 is 1.61 bits per heavy atom. The van der Waals surface area contributed by atoms with E-state index in [1.807, 2.05) is 0 Å². The largest absolute Gasteiger partial charge is 0.480 e. The Hall–Kier alpha value is -2.97. The molecule has 178 valence electrons. The fourth-order valence-electron chi connectivity index (χ4n) is 2.41. The summed E-state index contributed by atoms with van der Waals surface area (Å²) in [6.45, 7) is -0.593. The molecule has 0 saturated carbocycles. The SMILES string of the molecule is NCCCCC(N)C(=O)NC(CO)C(=O)NCC(=O)NC(CCCN=C(N)N)C(=O)O.